The molecule has 0 aliphatic rings. The molecule has 104 valence electrons. The van der Waals surface area contributed by atoms with Crippen LogP contribution in [0.3, 0.4) is 0 Å². The van der Waals surface area contributed by atoms with Crippen LogP contribution in [0.1, 0.15) is 18.4 Å². The summed E-state index contributed by atoms with van der Waals surface area (Å²) in [4.78, 5) is 15.7. The first-order chi connectivity index (χ1) is 9.65. The van der Waals surface area contributed by atoms with Gasteiger partial charge in [0.2, 0.25) is 5.91 Å². The molecule has 3 N–H and O–H groups in total. The molecule has 0 bridgehead atoms. The summed E-state index contributed by atoms with van der Waals surface area (Å²) in [5.41, 5.74) is 7.38. The van der Waals surface area contributed by atoms with E-state index in [1.165, 1.54) is 5.56 Å². The zero-order valence-corrected chi connectivity index (χ0v) is 12.6. The second kappa shape index (κ2) is 7.05. The molecule has 0 unspecified atom stereocenters. The fourth-order valence-corrected chi connectivity index (χ4v) is 2.33. The number of carbonyl (C=O) groups excluding carboxylic acids is 1. The van der Waals surface area contributed by atoms with E-state index in [-0.39, 0.29) is 5.91 Å². The first-order valence-corrected chi connectivity index (χ1v) is 7.19. The van der Waals surface area contributed by atoms with E-state index in [2.05, 4.69) is 32.3 Å². The summed E-state index contributed by atoms with van der Waals surface area (Å²) >= 11 is 3.50. The molecule has 5 heteroatoms. The molecular formula is C15H16BrN3O. The number of hydrogen-bond acceptors (Lipinski definition) is 3. The number of rotatable bonds is 5. The van der Waals surface area contributed by atoms with Gasteiger partial charge in [-0.3, -0.25) is 4.79 Å². The average molecular weight is 334 g/mol. The van der Waals surface area contributed by atoms with E-state index in [1.807, 2.05) is 18.2 Å². The highest BCUT2D eigenvalue weighted by Crippen LogP contribution is 2.18. The number of benzene rings is 1. The van der Waals surface area contributed by atoms with Crippen LogP contribution < -0.4 is 11.1 Å². The monoisotopic (exact) mass is 333 g/mol. The molecule has 4 nitrogen and oxygen atoms in total. The fourth-order valence-electron chi connectivity index (χ4n) is 1.84. The second-order valence-corrected chi connectivity index (χ2v) is 5.32. The average Bonchev–Trinajstić information content (AvgIpc) is 2.43. The largest absolute Gasteiger partial charge is 0.384 e. The van der Waals surface area contributed by atoms with E-state index >= 15 is 0 Å². The lowest BCUT2D eigenvalue weighted by Crippen LogP contribution is -2.11. The maximum absolute atomic E-state index is 11.8. The van der Waals surface area contributed by atoms with Crippen molar-refractivity contribution < 1.29 is 4.79 Å². The van der Waals surface area contributed by atoms with E-state index in [0.717, 1.165) is 17.3 Å². The lowest BCUT2D eigenvalue weighted by Gasteiger charge is -2.06. The van der Waals surface area contributed by atoms with Crippen molar-refractivity contribution in [1.29, 1.82) is 0 Å². The SMILES string of the molecule is Nc1ccc(NC(=O)CCCc2ccccc2Br)cn1. The molecule has 2 aromatic rings. The summed E-state index contributed by atoms with van der Waals surface area (Å²) in [7, 11) is 0. The molecule has 2 rings (SSSR count). The molecule has 0 fully saturated rings. The first kappa shape index (κ1) is 14.5. The van der Waals surface area contributed by atoms with Crippen LogP contribution in [0.5, 0.6) is 0 Å². The Hall–Kier alpha value is -1.88. The zero-order chi connectivity index (χ0) is 14.4. The minimum absolute atomic E-state index is 0.0105. The van der Waals surface area contributed by atoms with Gasteiger partial charge in [-0.1, -0.05) is 34.1 Å². The summed E-state index contributed by atoms with van der Waals surface area (Å²) in [6, 6.07) is 11.5. The predicted octanol–water partition coefficient (Wildman–Crippen LogP) is 3.39. The Morgan fingerprint density at radius 2 is 2.05 bits per heavy atom. The number of carbonyl (C=O) groups is 1. The van der Waals surface area contributed by atoms with Gasteiger partial charge in [0.25, 0.3) is 0 Å². The first-order valence-electron chi connectivity index (χ1n) is 6.40. The van der Waals surface area contributed by atoms with Crippen LogP contribution in [0.15, 0.2) is 47.1 Å². The summed E-state index contributed by atoms with van der Waals surface area (Å²) in [5.74, 6) is 0.431. The van der Waals surface area contributed by atoms with E-state index < -0.39 is 0 Å². The Bertz CT molecular complexity index is 584. The number of nitrogens with zero attached hydrogens (tertiary/aromatic N) is 1. The third-order valence-electron chi connectivity index (χ3n) is 2.88. The maximum Gasteiger partial charge on any atom is 0.224 e. The molecule has 0 saturated heterocycles. The molecule has 20 heavy (non-hydrogen) atoms. The fraction of sp³-hybridized carbons (Fsp3) is 0.200. The van der Waals surface area contributed by atoms with Gasteiger partial charge in [0.15, 0.2) is 0 Å². The van der Waals surface area contributed by atoms with E-state index in [9.17, 15) is 4.79 Å². The van der Waals surface area contributed by atoms with Gasteiger partial charge >= 0.3 is 0 Å². The lowest BCUT2D eigenvalue weighted by molar-refractivity contribution is -0.116. The number of nitrogens with two attached hydrogens (primary N) is 1. The lowest BCUT2D eigenvalue weighted by atomic mass is 10.1. The van der Waals surface area contributed by atoms with Crippen molar-refractivity contribution in [2.45, 2.75) is 19.3 Å². The minimum atomic E-state index is -0.0105. The van der Waals surface area contributed by atoms with Crippen molar-refractivity contribution in [3.63, 3.8) is 0 Å². The van der Waals surface area contributed by atoms with Crippen LogP contribution in [0.25, 0.3) is 0 Å². The molecule has 1 aromatic carbocycles. The van der Waals surface area contributed by atoms with Gasteiger partial charge < -0.3 is 11.1 Å². The van der Waals surface area contributed by atoms with Crippen LogP contribution in [-0.2, 0) is 11.2 Å². The number of nitrogens with one attached hydrogen (secondary N) is 1. The van der Waals surface area contributed by atoms with Gasteiger partial charge in [0.05, 0.1) is 11.9 Å². The van der Waals surface area contributed by atoms with E-state index in [4.69, 9.17) is 5.73 Å². The highest BCUT2D eigenvalue weighted by atomic mass is 79.9. The summed E-state index contributed by atoms with van der Waals surface area (Å²) in [6.45, 7) is 0. The van der Waals surface area contributed by atoms with Crippen LogP contribution in [0.2, 0.25) is 0 Å². The Morgan fingerprint density at radius 1 is 1.25 bits per heavy atom. The number of anilines is 2. The van der Waals surface area contributed by atoms with Gasteiger partial charge in [-0.2, -0.15) is 0 Å². The number of halogens is 1. The highest BCUT2D eigenvalue weighted by Gasteiger charge is 2.04. The third kappa shape index (κ3) is 4.35. The van der Waals surface area contributed by atoms with Crippen molar-refractivity contribution in [2.24, 2.45) is 0 Å². The van der Waals surface area contributed by atoms with Gasteiger partial charge in [0, 0.05) is 10.9 Å². The molecule has 0 aliphatic carbocycles. The number of hydrogen-bond donors (Lipinski definition) is 2. The Labute approximate surface area is 126 Å². The van der Waals surface area contributed by atoms with Gasteiger partial charge in [-0.05, 0) is 36.6 Å². The summed E-state index contributed by atoms with van der Waals surface area (Å²) in [6.07, 6.45) is 3.71. The summed E-state index contributed by atoms with van der Waals surface area (Å²) < 4.78 is 1.09. The minimum Gasteiger partial charge on any atom is -0.384 e. The second-order valence-electron chi connectivity index (χ2n) is 4.46. The summed E-state index contributed by atoms with van der Waals surface area (Å²) in [5, 5.41) is 2.80. The highest BCUT2D eigenvalue weighted by molar-refractivity contribution is 9.10. The van der Waals surface area contributed by atoms with Crippen molar-refractivity contribution >= 4 is 33.3 Å². The molecule has 0 aliphatic heterocycles. The molecule has 0 saturated carbocycles. The van der Waals surface area contributed by atoms with Gasteiger partial charge in [-0.15, -0.1) is 0 Å². The molecule has 1 amide bonds. The zero-order valence-electron chi connectivity index (χ0n) is 11.0. The van der Waals surface area contributed by atoms with Crippen LogP contribution in [0, 0.1) is 0 Å². The van der Waals surface area contributed by atoms with Gasteiger partial charge in [-0.25, -0.2) is 4.98 Å². The molecule has 1 aromatic heterocycles. The Balaban J connectivity index is 1.78. The van der Waals surface area contributed by atoms with Crippen molar-refractivity contribution in [2.75, 3.05) is 11.1 Å². The van der Waals surface area contributed by atoms with Crippen molar-refractivity contribution in [3.05, 3.63) is 52.6 Å². The van der Waals surface area contributed by atoms with E-state index in [0.29, 0.717) is 17.9 Å². The molecule has 1 heterocycles. The molecule has 0 atom stereocenters. The van der Waals surface area contributed by atoms with E-state index in [1.54, 1.807) is 18.3 Å². The van der Waals surface area contributed by atoms with Crippen LogP contribution in [0.4, 0.5) is 11.5 Å². The number of amides is 1. The quantitative estimate of drug-likeness (QED) is 0.881. The van der Waals surface area contributed by atoms with Crippen LogP contribution >= 0.6 is 15.9 Å². The molecule has 0 radical (unpaired) electrons. The van der Waals surface area contributed by atoms with Gasteiger partial charge in [0.1, 0.15) is 5.82 Å². The predicted molar refractivity (Wildman–Crippen MR) is 84.4 cm³/mol. The number of aromatic nitrogens is 1. The smallest absolute Gasteiger partial charge is 0.224 e. The topological polar surface area (TPSA) is 68.0 Å². The molecule has 0 spiro atoms. The van der Waals surface area contributed by atoms with Crippen molar-refractivity contribution in [1.82, 2.24) is 4.98 Å². The third-order valence-corrected chi connectivity index (χ3v) is 3.65. The molecular weight excluding hydrogens is 318 g/mol. The number of nitrogen functional groups attached to an aromatic ring is 1. The standard InChI is InChI=1S/C15H16BrN3O/c16-13-6-2-1-4-11(13)5-3-7-15(20)19-12-8-9-14(17)18-10-12/h1-2,4,6,8-10H,3,5,7H2,(H2,17,18)(H,19,20). The number of pyridine rings is 1. The normalized spacial score (nSPS) is 10.2. The maximum atomic E-state index is 11.8. The van der Waals surface area contributed by atoms with Crippen LogP contribution in [-0.4, -0.2) is 10.9 Å². The Morgan fingerprint density at radius 3 is 2.75 bits per heavy atom. The van der Waals surface area contributed by atoms with Crippen molar-refractivity contribution in [3.8, 4) is 0 Å². The Kier molecular flexibility index (Phi) is 5.12. The number of aryl methyl sites for hydroxylation is 1.